The highest BCUT2D eigenvalue weighted by atomic mass is 16.5. The molecule has 0 aromatic heterocycles. The van der Waals surface area contributed by atoms with Gasteiger partial charge in [0.1, 0.15) is 0 Å². The van der Waals surface area contributed by atoms with Crippen molar-refractivity contribution in [2.24, 2.45) is 58.2 Å². The zero-order chi connectivity index (χ0) is 29.7. The third-order valence-corrected chi connectivity index (χ3v) is 13.1. The number of nitrogens with one attached hydrogen (secondary N) is 1. The van der Waals surface area contributed by atoms with Crippen LogP contribution in [-0.2, 0) is 9.53 Å². The second-order valence-corrected chi connectivity index (χ2v) is 14.8. The van der Waals surface area contributed by atoms with Gasteiger partial charge in [0.05, 0.1) is 18.2 Å². The Morgan fingerprint density at radius 1 is 1.02 bits per heavy atom. The smallest absolute Gasteiger partial charge is 0.336 e. The molecule has 1 aromatic carbocycles. The lowest BCUT2D eigenvalue weighted by molar-refractivity contribution is -0.161. The fourth-order valence-electron chi connectivity index (χ4n) is 10.9. The number of carbonyl (C=O) groups excluding carboxylic acids is 2. The molecule has 0 bridgehead atoms. The zero-order valence-corrected chi connectivity index (χ0v) is 25.9. The summed E-state index contributed by atoms with van der Waals surface area (Å²) in [5.41, 5.74) is 0.911. The van der Waals surface area contributed by atoms with Gasteiger partial charge in [0.2, 0.25) is 0 Å². The van der Waals surface area contributed by atoms with Gasteiger partial charge >= 0.3 is 11.9 Å². The van der Waals surface area contributed by atoms with Crippen LogP contribution in [0.1, 0.15) is 113 Å². The number of aromatic carboxylic acids is 1. The van der Waals surface area contributed by atoms with Crippen molar-refractivity contribution in [3.05, 3.63) is 35.4 Å². The summed E-state index contributed by atoms with van der Waals surface area (Å²) in [6.07, 6.45) is 9.55. The highest BCUT2D eigenvalue weighted by molar-refractivity contribution is 6.04. The predicted molar refractivity (Wildman–Crippen MR) is 159 cm³/mol. The molecule has 1 aromatic rings. The van der Waals surface area contributed by atoms with Gasteiger partial charge in [-0.15, -0.1) is 0 Å². The number of esters is 1. The first-order valence-electron chi connectivity index (χ1n) is 16.1. The predicted octanol–water partition coefficient (Wildman–Crippen LogP) is 7.22. The number of methoxy groups -OCH3 is 1. The molecule has 0 aliphatic heterocycles. The van der Waals surface area contributed by atoms with E-state index in [9.17, 15) is 19.5 Å². The third kappa shape index (κ3) is 5.12. The number of carbonyl (C=O) groups is 3. The van der Waals surface area contributed by atoms with Gasteiger partial charge in [0.15, 0.2) is 0 Å². The Hall–Kier alpha value is -2.37. The molecule has 2 N–H and O–H groups in total. The first-order chi connectivity index (χ1) is 19.4. The molecule has 1 amide bonds. The van der Waals surface area contributed by atoms with E-state index in [0.29, 0.717) is 47.3 Å². The molecular formula is C35H51NO5. The van der Waals surface area contributed by atoms with Crippen LogP contribution in [0.15, 0.2) is 24.3 Å². The summed E-state index contributed by atoms with van der Waals surface area (Å²) in [6.45, 7) is 12.5. The van der Waals surface area contributed by atoms with E-state index < -0.39 is 5.97 Å². The zero-order valence-electron chi connectivity index (χ0n) is 25.9. The molecule has 0 radical (unpaired) electrons. The van der Waals surface area contributed by atoms with Gasteiger partial charge in [-0.25, -0.2) is 4.79 Å². The van der Waals surface area contributed by atoms with Crippen LogP contribution in [0.2, 0.25) is 0 Å². The van der Waals surface area contributed by atoms with Crippen LogP contribution < -0.4 is 5.32 Å². The Kier molecular flexibility index (Phi) is 8.35. The average molecular weight is 566 g/mol. The maximum absolute atomic E-state index is 13.2. The third-order valence-electron chi connectivity index (χ3n) is 13.1. The quantitative estimate of drug-likeness (QED) is 0.341. The topological polar surface area (TPSA) is 92.7 Å². The molecule has 4 aliphatic carbocycles. The van der Waals surface area contributed by atoms with E-state index in [1.54, 1.807) is 18.2 Å². The highest BCUT2D eigenvalue weighted by Gasteiger charge is 2.64. The number of ether oxygens (including phenoxy) is 1. The van der Waals surface area contributed by atoms with Crippen LogP contribution in [-0.4, -0.2) is 36.1 Å². The molecular weight excluding hydrogens is 514 g/mol. The lowest BCUT2D eigenvalue weighted by Gasteiger charge is -2.65. The van der Waals surface area contributed by atoms with Gasteiger partial charge < -0.3 is 15.2 Å². The number of fused-ring (bicyclic) bond motifs is 5. The summed E-state index contributed by atoms with van der Waals surface area (Å²) in [4.78, 5) is 36.7. The second-order valence-electron chi connectivity index (χ2n) is 14.8. The van der Waals surface area contributed by atoms with Gasteiger partial charge in [-0.05, 0) is 122 Å². The fourth-order valence-corrected chi connectivity index (χ4v) is 10.9. The van der Waals surface area contributed by atoms with Gasteiger partial charge in [0, 0.05) is 12.5 Å². The van der Waals surface area contributed by atoms with Crippen molar-refractivity contribution in [2.45, 2.75) is 98.4 Å². The van der Waals surface area contributed by atoms with Gasteiger partial charge in [-0.3, -0.25) is 9.59 Å². The molecule has 5 rings (SSSR count). The van der Waals surface area contributed by atoms with E-state index in [-0.39, 0.29) is 34.5 Å². The van der Waals surface area contributed by atoms with Crippen LogP contribution >= 0.6 is 0 Å². The summed E-state index contributed by atoms with van der Waals surface area (Å²) in [5, 5.41) is 12.8. The Labute approximate surface area is 246 Å². The van der Waals surface area contributed by atoms with Crippen molar-refractivity contribution in [3.63, 3.8) is 0 Å². The molecule has 4 saturated carbocycles. The molecule has 0 saturated heterocycles. The molecule has 11 atom stereocenters. The Bertz CT molecular complexity index is 1160. The van der Waals surface area contributed by atoms with E-state index in [4.69, 9.17) is 4.74 Å². The van der Waals surface area contributed by atoms with Gasteiger partial charge in [0.25, 0.3) is 5.91 Å². The molecule has 11 unspecified atom stereocenters. The first-order valence-corrected chi connectivity index (χ1v) is 16.1. The summed E-state index contributed by atoms with van der Waals surface area (Å²) in [7, 11) is 1.49. The summed E-state index contributed by atoms with van der Waals surface area (Å²) < 4.78 is 4.94. The molecule has 0 spiro atoms. The summed E-state index contributed by atoms with van der Waals surface area (Å²) >= 11 is 0. The highest BCUT2D eigenvalue weighted by Crippen LogP contribution is 2.71. The lowest BCUT2D eigenvalue weighted by Crippen LogP contribution is -2.59. The number of benzene rings is 1. The Morgan fingerprint density at radius 2 is 1.73 bits per heavy atom. The van der Waals surface area contributed by atoms with Gasteiger partial charge in [-0.2, -0.15) is 0 Å². The largest absolute Gasteiger partial charge is 0.478 e. The summed E-state index contributed by atoms with van der Waals surface area (Å²) in [5.74, 6) is 3.81. The number of carboxylic acids is 1. The number of hydrogen-bond acceptors (Lipinski definition) is 4. The van der Waals surface area contributed by atoms with E-state index >= 15 is 0 Å². The Morgan fingerprint density at radius 3 is 2.41 bits per heavy atom. The van der Waals surface area contributed by atoms with Crippen molar-refractivity contribution >= 4 is 17.8 Å². The van der Waals surface area contributed by atoms with Crippen LogP contribution in [0.4, 0.5) is 0 Å². The van der Waals surface area contributed by atoms with Crippen LogP contribution in [0.3, 0.4) is 0 Å². The fraction of sp³-hybridized carbons (Fsp3) is 0.743. The minimum atomic E-state index is -1.07. The molecule has 41 heavy (non-hydrogen) atoms. The van der Waals surface area contributed by atoms with Crippen LogP contribution in [0.5, 0.6) is 0 Å². The molecule has 4 fully saturated rings. The van der Waals surface area contributed by atoms with E-state index in [2.05, 4.69) is 39.9 Å². The lowest BCUT2D eigenvalue weighted by atomic mass is 9.40. The van der Waals surface area contributed by atoms with Gasteiger partial charge in [-0.1, -0.05) is 46.8 Å². The number of amides is 1. The average Bonchev–Trinajstić information content (AvgIpc) is 3.31. The molecule has 226 valence electrons. The van der Waals surface area contributed by atoms with Crippen molar-refractivity contribution in [1.82, 2.24) is 5.32 Å². The monoisotopic (exact) mass is 565 g/mol. The minimum absolute atomic E-state index is 0.0634. The molecule has 0 heterocycles. The maximum Gasteiger partial charge on any atom is 0.336 e. The normalized spacial score (nSPS) is 40.4. The standard InChI is InChI=1S/C35H51NO5/c1-20(11-14-30(37)41-6)27-12-13-28-31-21(2)17-23-19-24(36-32(38)25-9-7-8-10-26(25)33(39)40)15-16-34(23,4)29(31)18-22(3)35(27,28)5/h7-10,20-24,27-29,31H,11-19H2,1-6H3,(H,36,38)(H,39,40). The van der Waals surface area contributed by atoms with Crippen molar-refractivity contribution in [2.75, 3.05) is 7.11 Å². The molecule has 4 aliphatic rings. The summed E-state index contributed by atoms with van der Waals surface area (Å²) in [6, 6.07) is 6.60. The van der Waals surface area contributed by atoms with Crippen molar-refractivity contribution < 1.29 is 24.2 Å². The van der Waals surface area contributed by atoms with Crippen LogP contribution in [0.25, 0.3) is 0 Å². The maximum atomic E-state index is 13.2. The number of hydrogen-bond donors (Lipinski definition) is 2. The van der Waals surface area contributed by atoms with Crippen molar-refractivity contribution in [1.29, 1.82) is 0 Å². The van der Waals surface area contributed by atoms with E-state index in [1.165, 1.54) is 38.9 Å². The second kappa shape index (κ2) is 11.4. The van der Waals surface area contributed by atoms with E-state index in [0.717, 1.165) is 37.5 Å². The first kappa shape index (κ1) is 30.1. The van der Waals surface area contributed by atoms with Crippen molar-refractivity contribution in [3.8, 4) is 0 Å². The minimum Gasteiger partial charge on any atom is -0.478 e. The Balaban J connectivity index is 1.30. The number of rotatable bonds is 7. The number of carboxylic acid groups (broad SMARTS) is 1. The molecule has 6 nitrogen and oxygen atoms in total. The molecule has 6 heteroatoms. The SMILES string of the molecule is COC(=O)CCC(C)C1CCC2C3C(C)CC4CC(NC(=O)c5ccccc5C(=O)O)CCC4(C)C3CC(C)C12C. The van der Waals surface area contributed by atoms with Crippen LogP contribution in [0, 0.1) is 58.2 Å². The van der Waals surface area contributed by atoms with E-state index in [1.807, 2.05) is 0 Å².